The molecule has 0 aliphatic carbocycles. The molecular formula is C18H18F2N2O2. The second-order valence-electron chi connectivity index (χ2n) is 5.64. The molecule has 0 aliphatic heterocycles. The number of benzene rings is 2. The molecule has 1 atom stereocenters. The van der Waals surface area contributed by atoms with E-state index in [9.17, 15) is 18.4 Å². The second kappa shape index (κ2) is 7.68. The minimum Gasteiger partial charge on any atom is -0.368 e. The molecule has 2 rings (SSSR count). The zero-order valence-corrected chi connectivity index (χ0v) is 13.2. The summed E-state index contributed by atoms with van der Waals surface area (Å²) >= 11 is 0. The van der Waals surface area contributed by atoms with Crippen molar-refractivity contribution in [1.82, 2.24) is 5.32 Å². The molecule has 126 valence electrons. The fourth-order valence-electron chi connectivity index (χ4n) is 2.26. The lowest BCUT2D eigenvalue weighted by molar-refractivity contribution is -0.127. The Morgan fingerprint density at radius 1 is 1.04 bits per heavy atom. The van der Waals surface area contributed by atoms with Crippen molar-refractivity contribution < 1.29 is 18.4 Å². The molecule has 3 N–H and O–H groups in total. The lowest BCUT2D eigenvalue weighted by Crippen LogP contribution is -2.46. The van der Waals surface area contributed by atoms with Crippen molar-refractivity contribution >= 4 is 11.8 Å². The van der Waals surface area contributed by atoms with E-state index >= 15 is 0 Å². The van der Waals surface area contributed by atoms with Gasteiger partial charge in [0.25, 0.3) is 0 Å². The van der Waals surface area contributed by atoms with Crippen molar-refractivity contribution in [2.24, 2.45) is 5.73 Å². The van der Waals surface area contributed by atoms with Crippen LogP contribution in [0.4, 0.5) is 8.78 Å². The average Bonchev–Trinajstić information content (AvgIpc) is 2.52. The number of hydrogen-bond donors (Lipinski definition) is 2. The zero-order valence-electron chi connectivity index (χ0n) is 13.2. The van der Waals surface area contributed by atoms with E-state index in [1.807, 2.05) is 31.2 Å². The maximum Gasteiger partial charge on any atom is 0.240 e. The van der Waals surface area contributed by atoms with Gasteiger partial charge in [0.2, 0.25) is 11.8 Å². The molecular weight excluding hydrogens is 314 g/mol. The number of nitrogens with two attached hydrogens (primary N) is 1. The maximum absolute atomic E-state index is 13.2. The predicted octanol–water partition coefficient (Wildman–Crippen LogP) is 2.03. The molecule has 0 bridgehead atoms. The van der Waals surface area contributed by atoms with E-state index in [0.29, 0.717) is 5.56 Å². The fraction of sp³-hybridized carbons (Fsp3) is 0.222. The molecule has 2 aromatic rings. The molecule has 0 spiro atoms. The third-order valence-corrected chi connectivity index (χ3v) is 3.59. The number of carbonyl (C=O) groups is 2. The van der Waals surface area contributed by atoms with Crippen LogP contribution in [0.1, 0.15) is 16.7 Å². The summed E-state index contributed by atoms with van der Waals surface area (Å²) in [6.45, 7) is 1.94. The number of halogens is 2. The monoisotopic (exact) mass is 332 g/mol. The molecule has 0 aliphatic rings. The highest BCUT2D eigenvalue weighted by molar-refractivity contribution is 5.87. The smallest absolute Gasteiger partial charge is 0.240 e. The normalized spacial score (nSPS) is 11.8. The number of hydrogen-bond acceptors (Lipinski definition) is 2. The van der Waals surface area contributed by atoms with Crippen LogP contribution in [-0.2, 0) is 22.4 Å². The summed E-state index contributed by atoms with van der Waals surface area (Å²) in [5.41, 5.74) is 7.59. The van der Waals surface area contributed by atoms with E-state index in [4.69, 9.17) is 5.73 Å². The van der Waals surface area contributed by atoms with Crippen LogP contribution < -0.4 is 11.1 Å². The molecule has 4 nitrogen and oxygen atoms in total. The summed E-state index contributed by atoms with van der Waals surface area (Å²) in [6.07, 6.45) is 0.0913. The van der Waals surface area contributed by atoms with Crippen molar-refractivity contribution in [2.45, 2.75) is 25.8 Å². The van der Waals surface area contributed by atoms with Crippen LogP contribution >= 0.6 is 0 Å². The molecule has 2 amide bonds. The number of primary amides is 1. The van der Waals surface area contributed by atoms with Crippen molar-refractivity contribution in [3.8, 4) is 0 Å². The highest BCUT2D eigenvalue weighted by Gasteiger charge is 2.19. The van der Waals surface area contributed by atoms with Crippen LogP contribution in [0.25, 0.3) is 0 Å². The van der Waals surface area contributed by atoms with E-state index in [2.05, 4.69) is 5.32 Å². The van der Waals surface area contributed by atoms with E-state index in [-0.39, 0.29) is 12.8 Å². The Bertz CT molecular complexity index is 745. The van der Waals surface area contributed by atoms with Gasteiger partial charge >= 0.3 is 0 Å². The third kappa shape index (κ3) is 4.87. The van der Waals surface area contributed by atoms with Gasteiger partial charge < -0.3 is 11.1 Å². The molecule has 0 saturated heterocycles. The molecule has 0 fully saturated rings. The summed E-state index contributed by atoms with van der Waals surface area (Å²) in [7, 11) is 0. The summed E-state index contributed by atoms with van der Waals surface area (Å²) in [5, 5.41) is 2.53. The van der Waals surface area contributed by atoms with Gasteiger partial charge in [0.15, 0.2) is 11.6 Å². The minimum absolute atomic E-state index is 0.172. The molecule has 2 aromatic carbocycles. The van der Waals surface area contributed by atoms with Crippen LogP contribution in [-0.4, -0.2) is 17.9 Å². The highest BCUT2D eigenvalue weighted by Crippen LogP contribution is 2.10. The summed E-state index contributed by atoms with van der Waals surface area (Å²) < 4.78 is 26.0. The fourth-order valence-corrected chi connectivity index (χ4v) is 2.26. The summed E-state index contributed by atoms with van der Waals surface area (Å²) in [5.74, 6) is -3.15. The van der Waals surface area contributed by atoms with Gasteiger partial charge in [-0.15, -0.1) is 0 Å². The lowest BCUT2D eigenvalue weighted by Gasteiger charge is -2.16. The Balaban J connectivity index is 2.01. The number of amides is 2. The van der Waals surface area contributed by atoms with Crippen LogP contribution in [0, 0.1) is 18.6 Å². The Morgan fingerprint density at radius 2 is 1.67 bits per heavy atom. The third-order valence-electron chi connectivity index (χ3n) is 3.59. The van der Waals surface area contributed by atoms with Gasteiger partial charge in [-0.05, 0) is 30.2 Å². The molecule has 0 radical (unpaired) electrons. The Kier molecular flexibility index (Phi) is 5.63. The first-order chi connectivity index (χ1) is 11.3. The summed E-state index contributed by atoms with van der Waals surface area (Å²) in [6, 6.07) is 9.86. The van der Waals surface area contributed by atoms with Crippen LogP contribution in [0.3, 0.4) is 0 Å². The van der Waals surface area contributed by atoms with E-state index in [1.54, 1.807) is 0 Å². The first-order valence-electron chi connectivity index (χ1n) is 7.43. The van der Waals surface area contributed by atoms with E-state index < -0.39 is 29.5 Å². The first-order valence-corrected chi connectivity index (χ1v) is 7.43. The standard InChI is InChI=1S/C18H18F2N2O2/c1-11-2-4-12(5-3-11)9-16(18(21)24)22-17(23)10-13-6-7-14(19)15(20)8-13/h2-8,16H,9-10H2,1H3,(H2,21,24)(H,22,23)/t16-/m0/s1. The van der Waals surface area contributed by atoms with Crippen molar-refractivity contribution in [3.63, 3.8) is 0 Å². The molecule has 0 unspecified atom stereocenters. The van der Waals surface area contributed by atoms with Gasteiger partial charge in [-0.2, -0.15) is 0 Å². The Labute approximate surface area is 138 Å². The van der Waals surface area contributed by atoms with Crippen molar-refractivity contribution in [1.29, 1.82) is 0 Å². The quantitative estimate of drug-likeness (QED) is 0.849. The minimum atomic E-state index is -1.02. The van der Waals surface area contributed by atoms with Crippen molar-refractivity contribution in [2.75, 3.05) is 0 Å². The SMILES string of the molecule is Cc1ccc(C[C@H](NC(=O)Cc2ccc(F)c(F)c2)C(N)=O)cc1. The highest BCUT2D eigenvalue weighted by atomic mass is 19.2. The molecule has 0 heterocycles. The van der Waals surface area contributed by atoms with Gasteiger partial charge in [-0.25, -0.2) is 8.78 Å². The van der Waals surface area contributed by atoms with Crippen molar-refractivity contribution in [3.05, 3.63) is 70.8 Å². The van der Waals surface area contributed by atoms with Crippen LogP contribution in [0.2, 0.25) is 0 Å². The van der Waals surface area contributed by atoms with E-state index in [1.165, 1.54) is 6.07 Å². The molecule has 24 heavy (non-hydrogen) atoms. The van der Waals surface area contributed by atoms with Gasteiger partial charge in [0.1, 0.15) is 6.04 Å². The number of rotatable bonds is 6. The molecule has 0 aromatic heterocycles. The maximum atomic E-state index is 13.2. The number of carbonyl (C=O) groups excluding carboxylic acids is 2. The van der Waals surface area contributed by atoms with Crippen LogP contribution in [0.15, 0.2) is 42.5 Å². The molecule has 6 heteroatoms. The number of nitrogens with one attached hydrogen (secondary N) is 1. The zero-order chi connectivity index (χ0) is 17.7. The molecule has 0 saturated carbocycles. The van der Waals surface area contributed by atoms with Crippen LogP contribution in [0.5, 0.6) is 0 Å². The number of aryl methyl sites for hydroxylation is 1. The Hall–Kier alpha value is -2.76. The predicted molar refractivity (Wildman–Crippen MR) is 86.1 cm³/mol. The largest absolute Gasteiger partial charge is 0.368 e. The van der Waals surface area contributed by atoms with Gasteiger partial charge in [0.05, 0.1) is 6.42 Å². The topological polar surface area (TPSA) is 72.2 Å². The lowest BCUT2D eigenvalue weighted by atomic mass is 10.0. The van der Waals surface area contributed by atoms with Gasteiger partial charge in [0, 0.05) is 6.42 Å². The second-order valence-corrected chi connectivity index (χ2v) is 5.64. The van der Waals surface area contributed by atoms with Gasteiger partial charge in [-0.1, -0.05) is 35.9 Å². The summed E-state index contributed by atoms with van der Waals surface area (Å²) in [4.78, 5) is 23.6. The average molecular weight is 332 g/mol. The first kappa shape index (κ1) is 17.6. The van der Waals surface area contributed by atoms with E-state index in [0.717, 1.165) is 23.3 Å². The van der Waals surface area contributed by atoms with Gasteiger partial charge in [-0.3, -0.25) is 9.59 Å². The Morgan fingerprint density at radius 3 is 2.25 bits per heavy atom.